The molecule has 30 heteroatoms. The summed E-state index contributed by atoms with van der Waals surface area (Å²) in [5.41, 5.74) is 0. The molecule has 1 unspecified atom stereocenters. The summed E-state index contributed by atoms with van der Waals surface area (Å²) < 4.78 is 257. The van der Waals surface area contributed by atoms with Crippen molar-refractivity contribution < 1.29 is 122 Å². The van der Waals surface area contributed by atoms with Gasteiger partial charge in [-0.15, -0.1) is 31.7 Å². The molecule has 0 saturated heterocycles. The average molecular weight is 731 g/mol. The normalized spacial score (nSPS) is 17.3. The van der Waals surface area contributed by atoms with E-state index in [2.05, 4.69) is 54.1 Å². The second-order valence-electron chi connectivity index (χ2n) is 6.09. The molecule has 0 aromatic heterocycles. The number of halogens is 23. The lowest BCUT2D eigenvalue weighted by Crippen LogP contribution is -2.65. The van der Waals surface area contributed by atoms with Crippen molar-refractivity contribution in [1.29, 1.82) is 0 Å². The molecule has 0 aliphatic rings. The fourth-order valence-electron chi connectivity index (χ4n) is 1.44. The highest BCUT2D eigenvalue weighted by Crippen LogP contribution is 2.53. The van der Waals surface area contributed by atoms with Crippen LogP contribution < -0.4 is 0 Å². The van der Waals surface area contributed by atoms with Crippen LogP contribution in [-0.2, 0) is 33.8 Å². The van der Waals surface area contributed by atoms with Crippen LogP contribution in [0.2, 0.25) is 0 Å². The zero-order valence-electron chi connectivity index (χ0n) is 17.1. The zero-order chi connectivity index (χ0) is 33.5. The molecular formula is C11HCl3F20O7. The van der Waals surface area contributed by atoms with Crippen molar-refractivity contribution in [1.82, 2.24) is 0 Å². The van der Waals surface area contributed by atoms with E-state index in [9.17, 15) is 87.8 Å². The third-order valence-corrected chi connectivity index (χ3v) is 3.67. The lowest BCUT2D eigenvalue weighted by Gasteiger charge is -2.39. The van der Waals surface area contributed by atoms with E-state index in [4.69, 9.17) is 0 Å². The second kappa shape index (κ2) is 11.9. The van der Waals surface area contributed by atoms with Crippen molar-refractivity contribution >= 4 is 34.8 Å². The van der Waals surface area contributed by atoms with Gasteiger partial charge >= 0.3 is 61.6 Å². The molecule has 1 atom stereocenters. The van der Waals surface area contributed by atoms with Crippen LogP contribution in [-0.4, -0.2) is 65.4 Å². The topological polar surface area (TPSA) is 64.6 Å². The molecule has 0 fully saturated rings. The Hall–Kier alpha value is -0.810. The van der Waals surface area contributed by atoms with Crippen molar-refractivity contribution in [2.45, 2.75) is 65.4 Å². The molecule has 0 bridgehead atoms. The first-order valence-electron chi connectivity index (χ1n) is 8.07. The van der Waals surface area contributed by atoms with Crippen molar-refractivity contribution in [3.05, 3.63) is 0 Å². The number of hydrogen-bond acceptors (Lipinski definition) is 7. The highest BCUT2D eigenvalue weighted by molar-refractivity contribution is 6.68. The zero-order valence-corrected chi connectivity index (χ0v) is 19.4. The van der Waals surface area contributed by atoms with Gasteiger partial charge in [-0.25, -0.2) is 13.5 Å². The van der Waals surface area contributed by atoms with Gasteiger partial charge in [-0.3, -0.25) is 9.47 Å². The van der Waals surface area contributed by atoms with Crippen LogP contribution in [0.4, 0.5) is 87.8 Å². The summed E-state index contributed by atoms with van der Waals surface area (Å²) in [7, 11) is 0. The SMILES string of the molecule is FC(F)C(F)(F)OC(OOC(F)(F)OOC(OC(F)(F)C(F)(F)F)(C(F)(F)F)C(F)(F)F)(OC(F)(F)F)C(Cl)(Cl)Cl. The van der Waals surface area contributed by atoms with Gasteiger partial charge in [0, 0.05) is 0 Å². The van der Waals surface area contributed by atoms with Crippen LogP contribution in [0.15, 0.2) is 0 Å². The summed E-state index contributed by atoms with van der Waals surface area (Å²) in [5.74, 6) is -13.4. The van der Waals surface area contributed by atoms with Gasteiger partial charge in [0.05, 0.1) is 0 Å². The monoisotopic (exact) mass is 730 g/mol. The minimum atomic E-state index is -7.82. The van der Waals surface area contributed by atoms with Crippen LogP contribution in [0.3, 0.4) is 0 Å². The predicted octanol–water partition coefficient (Wildman–Crippen LogP) is 7.86. The summed E-state index contributed by atoms with van der Waals surface area (Å²) in [6.45, 7) is 0. The van der Waals surface area contributed by atoms with Crippen LogP contribution in [0.1, 0.15) is 0 Å². The minimum Gasteiger partial charge on any atom is -0.262 e. The maximum Gasteiger partial charge on any atom is 0.539 e. The number of ether oxygens (including phenoxy) is 3. The maximum atomic E-state index is 13.6. The molecule has 0 aromatic carbocycles. The van der Waals surface area contributed by atoms with E-state index < -0.39 is 65.4 Å². The smallest absolute Gasteiger partial charge is 0.262 e. The van der Waals surface area contributed by atoms with E-state index >= 15 is 0 Å². The van der Waals surface area contributed by atoms with Gasteiger partial charge in [-0.2, -0.15) is 66.9 Å². The molecule has 248 valence electrons. The average Bonchev–Trinajstić information content (AvgIpc) is 2.64. The van der Waals surface area contributed by atoms with Gasteiger partial charge in [0.25, 0.3) is 3.79 Å². The van der Waals surface area contributed by atoms with Crippen molar-refractivity contribution in [2.75, 3.05) is 0 Å². The van der Waals surface area contributed by atoms with E-state index in [1.54, 1.807) is 4.74 Å². The molecule has 0 aromatic rings. The molecule has 0 saturated carbocycles. The largest absolute Gasteiger partial charge is 0.539 e. The first-order chi connectivity index (χ1) is 17.5. The van der Waals surface area contributed by atoms with E-state index in [0.29, 0.717) is 0 Å². The first kappa shape index (κ1) is 40.2. The molecule has 41 heavy (non-hydrogen) atoms. The molecule has 0 spiro atoms. The first-order valence-corrected chi connectivity index (χ1v) is 9.20. The number of alkyl halides is 23. The van der Waals surface area contributed by atoms with E-state index in [0.717, 1.165) is 0 Å². The third-order valence-electron chi connectivity index (χ3n) is 2.97. The quantitative estimate of drug-likeness (QED) is 0.0666. The molecule has 7 nitrogen and oxygen atoms in total. The molecule has 0 aliphatic heterocycles. The maximum absolute atomic E-state index is 13.6. The Morgan fingerprint density at radius 2 is 0.854 bits per heavy atom. The Kier molecular flexibility index (Phi) is 11.7. The molecule has 0 amide bonds. The van der Waals surface area contributed by atoms with Gasteiger partial charge in [0.1, 0.15) is 0 Å². The van der Waals surface area contributed by atoms with Crippen molar-refractivity contribution in [3.8, 4) is 0 Å². The van der Waals surface area contributed by atoms with Gasteiger partial charge in [0.15, 0.2) is 0 Å². The van der Waals surface area contributed by atoms with E-state index in [-0.39, 0.29) is 0 Å². The van der Waals surface area contributed by atoms with Gasteiger partial charge in [-0.1, -0.05) is 34.8 Å². The molecule has 0 aliphatic carbocycles. The van der Waals surface area contributed by atoms with Crippen LogP contribution >= 0.6 is 34.8 Å². The van der Waals surface area contributed by atoms with Crippen LogP contribution in [0, 0.1) is 0 Å². The summed E-state index contributed by atoms with van der Waals surface area (Å²) in [5, 5.41) is 0. The predicted molar refractivity (Wildman–Crippen MR) is 78.4 cm³/mol. The Bertz CT molecular complexity index is 851. The fourth-order valence-corrected chi connectivity index (χ4v) is 1.77. The van der Waals surface area contributed by atoms with Crippen molar-refractivity contribution in [2.24, 2.45) is 0 Å². The van der Waals surface area contributed by atoms with E-state index in [1.807, 2.05) is 9.78 Å². The molecule has 0 rings (SSSR count). The Balaban J connectivity index is 6.60. The third kappa shape index (κ3) is 10.1. The highest BCUT2D eigenvalue weighted by atomic mass is 35.6. The Morgan fingerprint density at radius 3 is 1.15 bits per heavy atom. The van der Waals surface area contributed by atoms with Gasteiger partial charge < -0.3 is 0 Å². The Morgan fingerprint density at radius 1 is 0.463 bits per heavy atom. The van der Waals surface area contributed by atoms with Crippen LogP contribution in [0.5, 0.6) is 0 Å². The van der Waals surface area contributed by atoms with Crippen LogP contribution in [0.25, 0.3) is 0 Å². The lowest BCUT2D eigenvalue weighted by molar-refractivity contribution is -0.692. The fraction of sp³-hybridized carbons (Fsp3) is 1.00. The number of rotatable bonds is 12. The standard InChI is InChI=1S/C11HCl3F20O7/c12-4(13,14)9(37-10(30,31)32,35-2(17,18)1(15)16)39-41-11(33,34)40-38-3(5(19,20)21,6(22,23)24)36-8(28,29)7(25,26)27/h1H. The van der Waals surface area contributed by atoms with Crippen molar-refractivity contribution in [3.63, 3.8) is 0 Å². The lowest BCUT2D eigenvalue weighted by atomic mass is 10.2. The second-order valence-corrected chi connectivity index (χ2v) is 8.37. The summed E-state index contributed by atoms with van der Waals surface area (Å²) in [6.07, 6.45) is -56.0. The molecule has 0 heterocycles. The molecule has 0 radical (unpaired) electrons. The van der Waals surface area contributed by atoms with Gasteiger partial charge in [0.2, 0.25) is 0 Å². The Labute approximate surface area is 222 Å². The molecule has 0 N–H and O–H groups in total. The minimum absolute atomic E-state index is 1.54. The van der Waals surface area contributed by atoms with Gasteiger partial charge in [-0.05, 0) is 0 Å². The summed E-state index contributed by atoms with van der Waals surface area (Å²) >= 11 is 14.0. The molecular weight excluding hydrogens is 730 g/mol. The highest BCUT2D eigenvalue weighted by Gasteiger charge is 2.82. The summed E-state index contributed by atoms with van der Waals surface area (Å²) in [4.78, 5) is 8.69. The van der Waals surface area contributed by atoms with E-state index in [1.165, 1.54) is 0 Å². The summed E-state index contributed by atoms with van der Waals surface area (Å²) in [6, 6.07) is 0. The number of hydrogen-bond donors (Lipinski definition) is 0.